The van der Waals surface area contributed by atoms with Crippen LogP contribution in [0.15, 0.2) is 0 Å². The molecule has 9 heavy (non-hydrogen) atoms. The first kappa shape index (κ1) is 6.99. The van der Waals surface area contributed by atoms with Crippen LogP contribution in [0.4, 0.5) is 0 Å². The van der Waals surface area contributed by atoms with Crippen LogP contribution in [0.25, 0.3) is 0 Å². The minimum Gasteiger partial charge on any atom is -0.316 e. The lowest BCUT2D eigenvalue weighted by atomic mass is 10.0. The molecular weight excluding hydrogens is 116 g/mol. The second-order valence-electron chi connectivity index (χ2n) is 2.71. The van der Waals surface area contributed by atoms with Gasteiger partial charge in [0.25, 0.3) is 0 Å². The van der Waals surface area contributed by atoms with Gasteiger partial charge in [-0.05, 0) is 19.8 Å². The second kappa shape index (κ2) is 3.15. The molecule has 1 saturated heterocycles. The van der Waals surface area contributed by atoms with Crippen LogP contribution in [0.2, 0.25) is 0 Å². The fraction of sp³-hybridized carbons (Fsp3) is 1.00. The minimum absolute atomic E-state index is 0.265. The zero-order valence-electron chi connectivity index (χ0n) is 5.72. The molecule has 1 aliphatic heterocycles. The third-order valence-corrected chi connectivity index (χ3v) is 1.84. The van der Waals surface area contributed by atoms with Gasteiger partial charge in [-0.2, -0.15) is 0 Å². The van der Waals surface area contributed by atoms with Crippen molar-refractivity contribution in [1.29, 1.82) is 0 Å². The summed E-state index contributed by atoms with van der Waals surface area (Å²) in [6.07, 6.45) is 2.23. The molecule has 1 heterocycles. The van der Waals surface area contributed by atoms with Gasteiger partial charge in [-0.15, -0.1) is 0 Å². The summed E-state index contributed by atoms with van der Waals surface area (Å²) < 4.78 is 0. The third kappa shape index (κ3) is 1.93. The number of hydrogen-bond donors (Lipinski definition) is 3. The highest BCUT2D eigenvalue weighted by molar-refractivity contribution is 4.76. The molecule has 1 rings (SSSR count). The smallest absolute Gasteiger partial charge is 0.0445 e. The monoisotopic (exact) mass is 130 g/mol. The number of hydrogen-bond acceptors (Lipinski definition) is 3. The Kier molecular flexibility index (Phi) is 2.45. The van der Waals surface area contributed by atoms with Crippen molar-refractivity contribution in [2.75, 3.05) is 6.54 Å². The fourth-order valence-electron chi connectivity index (χ4n) is 1.11. The normalized spacial score (nSPS) is 36.7. The zero-order chi connectivity index (χ0) is 6.69. The average molecular weight is 130 g/mol. The topological polar surface area (TPSA) is 44.3 Å². The molecule has 0 aromatic heterocycles. The molecule has 3 nitrogen and oxygen atoms in total. The van der Waals surface area contributed by atoms with Gasteiger partial charge in [0.15, 0.2) is 0 Å². The Morgan fingerprint density at radius 2 is 2.33 bits per heavy atom. The Bertz CT molecular complexity index is 79.1. The second-order valence-corrected chi connectivity index (χ2v) is 2.71. The molecule has 1 fully saturated rings. The fourth-order valence-corrected chi connectivity index (χ4v) is 1.11. The first-order valence-electron chi connectivity index (χ1n) is 3.46. The largest absolute Gasteiger partial charge is 0.316 e. The predicted molar refractivity (Wildman–Crippen MR) is 35.4 cm³/mol. The van der Waals surface area contributed by atoms with Crippen LogP contribution in [0.1, 0.15) is 19.8 Å². The molecular formula is C6H14N2O. The lowest BCUT2D eigenvalue weighted by Gasteiger charge is -2.26. The minimum atomic E-state index is 0.265. The highest BCUT2D eigenvalue weighted by Crippen LogP contribution is 2.05. The highest BCUT2D eigenvalue weighted by atomic mass is 16.5. The Labute approximate surface area is 55.4 Å². The lowest BCUT2D eigenvalue weighted by Crippen LogP contribution is -2.45. The number of rotatable bonds is 1. The van der Waals surface area contributed by atoms with Crippen LogP contribution in [0, 0.1) is 0 Å². The van der Waals surface area contributed by atoms with Gasteiger partial charge in [0.1, 0.15) is 0 Å². The summed E-state index contributed by atoms with van der Waals surface area (Å²) in [5.41, 5.74) is 2.26. The molecule has 2 atom stereocenters. The lowest BCUT2D eigenvalue weighted by molar-refractivity contribution is 0.107. The van der Waals surface area contributed by atoms with Gasteiger partial charge in [0, 0.05) is 18.6 Å². The van der Waals surface area contributed by atoms with E-state index in [1.807, 2.05) is 0 Å². The van der Waals surface area contributed by atoms with E-state index in [1.165, 1.54) is 0 Å². The van der Waals surface area contributed by atoms with Crippen LogP contribution < -0.4 is 10.8 Å². The molecule has 0 saturated carbocycles. The van der Waals surface area contributed by atoms with E-state index in [0.29, 0.717) is 6.04 Å². The van der Waals surface area contributed by atoms with Crippen molar-refractivity contribution < 1.29 is 5.21 Å². The van der Waals surface area contributed by atoms with Crippen molar-refractivity contribution in [2.45, 2.75) is 31.8 Å². The van der Waals surface area contributed by atoms with Crippen molar-refractivity contribution in [2.24, 2.45) is 0 Å². The number of nitrogens with one attached hydrogen (secondary N) is 2. The molecule has 0 radical (unpaired) electrons. The molecule has 0 bridgehead atoms. The molecule has 0 aromatic carbocycles. The van der Waals surface area contributed by atoms with E-state index in [0.717, 1.165) is 19.4 Å². The molecule has 0 aromatic rings. The highest BCUT2D eigenvalue weighted by Gasteiger charge is 2.15. The standard InChI is InChI=1S/C6H14N2O/c1-5-2-3-6(8-9)4-7-5/h5-9H,2-4H2,1H3/t5-,6-/m1/s1. The van der Waals surface area contributed by atoms with Crippen LogP contribution >= 0.6 is 0 Å². The van der Waals surface area contributed by atoms with Crippen LogP contribution in [0.5, 0.6) is 0 Å². The quantitative estimate of drug-likeness (QED) is 0.441. The Hall–Kier alpha value is -0.120. The summed E-state index contributed by atoms with van der Waals surface area (Å²) in [5, 5.41) is 11.7. The van der Waals surface area contributed by atoms with Gasteiger partial charge in [0.05, 0.1) is 0 Å². The van der Waals surface area contributed by atoms with Gasteiger partial charge < -0.3 is 10.5 Å². The van der Waals surface area contributed by atoms with Crippen LogP contribution in [0.3, 0.4) is 0 Å². The summed E-state index contributed by atoms with van der Waals surface area (Å²) in [6.45, 7) is 3.05. The van der Waals surface area contributed by atoms with Gasteiger partial charge in [-0.3, -0.25) is 0 Å². The van der Waals surface area contributed by atoms with E-state index in [-0.39, 0.29) is 6.04 Å². The van der Waals surface area contributed by atoms with E-state index in [4.69, 9.17) is 5.21 Å². The molecule has 0 unspecified atom stereocenters. The molecule has 3 N–H and O–H groups in total. The molecule has 0 spiro atoms. The Morgan fingerprint density at radius 3 is 2.78 bits per heavy atom. The predicted octanol–water partition coefficient (Wildman–Crippen LogP) is 0.106. The van der Waals surface area contributed by atoms with Crippen molar-refractivity contribution in [3.05, 3.63) is 0 Å². The van der Waals surface area contributed by atoms with Crippen molar-refractivity contribution >= 4 is 0 Å². The zero-order valence-corrected chi connectivity index (χ0v) is 5.72. The maximum absolute atomic E-state index is 8.49. The summed E-state index contributed by atoms with van der Waals surface area (Å²) in [6, 6.07) is 0.885. The van der Waals surface area contributed by atoms with E-state index >= 15 is 0 Å². The maximum Gasteiger partial charge on any atom is 0.0445 e. The first-order chi connectivity index (χ1) is 4.33. The average Bonchev–Trinajstić information content (AvgIpc) is 1.90. The van der Waals surface area contributed by atoms with Gasteiger partial charge >= 0.3 is 0 Å². The Balaban J connectivity index is 2.18. The van der Waals surface area contributed by atoms with E-state index < -0.39 is 0 Å². The molecule has 1 aliphatic rings. The van der Waals surface area contributed by atoms with Crippen molar-refractivity contribution in [3.8, 4) is 0 Å². The number of hydroxylamine groups is 1. The molecule has 0 aliphatic carbocycles. The first-order valence-corrected chi connectivity index (χ1v) is 3.46. The van der Waals surface area contributed by atoms with Gasteiger partial charge in [-0.25, -0.2) is 5.48 Å². The van der Waals surface area contributed by atoms with Crippen molar-refractivity contribution in [3.63, 3.8) is 0 Å². The molecule has 0 amide bonds. The van der Waals surface area contributed by atoms with Crippen molar-refractivity contribution in [1.82, 2.24) is 10.8 Å². The van der Waals surface area contributed by atoms with E-state index in [2.05, 4.69) is 17.7 Å². The van der Waals surface area contributed by atoms with Crippen LogP contribution in [-0.4, -0.2) is 23.8 Å². The summed E-state index contributed by atoms with van der Waals surface area (Å²) >= 11 is 0. The number of piperidine rings is 1. The Morgan fingerprint density at radius 1 is 1.56 bits per heavy atom. The van der Waals surface area contributed by atoms with Gasteiger partial charge in [0.2, 0.25) is 0 Å². The SMILES string of the molecule is C[C@@H]1CC[C@@H](NO)CN1. The van der Waals surface area contributed by atoms with Crippen LogP contribution in [-0.2, 0) is 0 Å². The summed E-state index contributed by atoms with van der Waals surface area (Å²) in [5.74, 6) is 0. The van der Waals surface area contributed by atoms with E-state index in [9.17, 15) is 0 Å². The third-order valence-electron chi connectivity index (χ3n) is 1.84. The summed E-state index contributed by atoms with van der Waals surface area (Å²) in [7, 11) is 0. The molecule has 3 heteroatoms. The summed E-state index contributed by atoms with van der Waals surface area (Å²) in [4.78, 5) is 0. The molecule has 54 valence electrons. The maximum atomic E-state index is 8.49. The van der Waals surface area contributed by atoms with E-state index in [1.54, 1.807) is 0 Å². The van der Waals surface area contributed by atoms with Gasteiger partial charge in [-0.1, -0.05) is 0 Å².